The highest BCUT2D eigenvalue weighted by Gasteiger charge is 2.15. The fraction of sp³-hybridized carbons (Fsp3) is 1.00. The fourth-order valence-electron chi connectivity index (χ4n) is 2.92. The molecule has 8 heteroatoms. The zero-order chi connectivity index (χ0) is 20.9. The minimum Gasteiger partial charge on any atom is -0.364 e. The predicted molar refractivity (Wildman–Crippen MR) is 114 cm³/mol. The summed E-state index contributed by atoms with van der Waals surface area (Å²) in [5.41, 5.74) is 0. The summed E-state index contributed by atoms with van der Waals surface area (Å²) < 4.78 is 7.35. The monoisotopic (exact) mass is 409 g/mol. The first-order valence-electron chi connectivity index (χ1n) is 10.4. The first-order chi connectivity index (χ1) is 12.9. The van der Waals surface area contributed by atoms with Crippen LogP contribution in [0.4, 0.5) is 0 Å². The quantitative estimate of drug-likeness (QED) is 0.105. The molecule has 0 spiro atoms. The summed E-state index contributed by atoms with van der Waals surface area (Å²) in [5, 5.41) is 15.6. The molecule has 164 valence electrons. The summed E-state index contributed by atoms with van der Waals surface area (Å²) >= 11 is 4.45. The second kappa shape index (κ2) is 21.7. The highest BCUT2D eigenvalue weighted by Crippen LogP contribution is 2.16. The fourth-order valence-corrected chi connectivity index (χ4v) is 3.13. The van der Waals surface area contributed by atoms with E-state index < -0.39 is 5.09 Å². The van der Waals surface area contributed by atoms with Crippen molar-refractivity contribution in [2.24, 2.45) is 0 Å². The summed E-state index contributed by atoms with van der Waals surface area (Å²) in [6.07, 6.45) is 19.3. The Kier molecular flexibility index (Phi) is 23.0. The molecule has 0 aliphatic heterocycles. The van der Waals surface area contributed by atoms with Crippen molar-refractivity contribution in [3.05, 3.63) is 10.1 Å². The first-order valence-corrected chi connectivity index (χ1v) is 10.8. The van der Waals surface area contributed by atoms with Crippen molar-refractivity contribution in [3.63, 3.8) is 0 Å². The average Bonchev–Trinajstić information content (AvgIpc) is 2.61. The van der Waals surface area contributed by atoms with Crippen LogP contribution in [0.2, 0.25) is 0 Å². The van der Waals surface area contributed by atoms with Crippen LogP contribution in [0, 0.1) is 10.1 Å². The van der Waals surface area contributed by atoms with Gasteiger partial charge in [-0.1, -0.05) is 96.8 Å². The van der Waals surface area contributed by atoms with Gasteiger partial charge in [0.2, 0.25) is 0 Å². The molecule has 0 saturated heterocycles. The van der Waals surface area contributed by atoms with Gasteiger partial charge < -0.3 is 9.94 Å². The maximum atomic E-state index is 8.36. The minimum atomic E-state index is -1.50. The number of ether oxygens (including phenoxy) is 1. The van der Waals surface area contributed by atoms with Gasteiger partial charge in [-0.25, -0.2) is 5.01 Å². The van der Waals surface area contributed by atoms with E-state index in [1.165, 1.54) is 83.5 Å². The van der Waals surface area contributed by atoms with Crippen molar-refractivity contribution in [2.75, 3.05) is 21.2 Å². The molecule has 0 fully saturated rings. The van der Waals surface area contributed by atoms with Gasteiger partial charge in [-0.2, -0.15) is 4.41 Å². The lowest BCUT2D eigenvalue weighted by Gasteiger charge is -2.30. The molecule has 7 nitrogen and oxygen atoms in total. The summed E-state index contributed by atoms with van der Waals surface area (Å²) in [5.74, 6) is 0. The Balaban J connectivity index is 0. The van der Waals surface area contributed by atoms with E-state index in [0.29, 0.717) is 0 Å². The van der Waals surface area contributed by atoms with Crippen molar-refractivity contribution < 1.29 is 15.0 Å². The number of methoxy groups -OCH3 is 1. The molecule has 0 aromatic heterocycles. The van der Waals surface area contributed by atoms with E-state index in [4.69, 9.17) is 20.1 Å². The molecule has 1 atom stereocenters. The van der Waals surface area contributed by atoms with Gasteiger partial charge in [0.05, 0.1) is 0 Å². The Hall–Kier alpha value is -0.570. The molecule has 0 aromatic rings. The number of thiol groups is 1. The Bertz CT molecular complexity index is 319. The van der Waals surface area contributed by atoms with Crippen molar-refractivity contribution in [1.82, 2.24) is 9.42 Å². The Morgan fingerprint density at radius 1 is 0.926 bits per heavy atom. The smallest absolute Gasteiger partial charge is 0.291 e. The number of hydrogen-bond acceptors (Lipinski definition) is 6. The van der Waals surface area contributed by atoms with Crippen molar-refractivity contribution in [2.45, 2.75) is 103 Å². The first kappa shape index (κ1) is 28.6. The number of hydrazine groups is 1. The van der Waals surface area contributed by atoms with Gasteiger partial charge in [0.25, 0.3) is 5.09 Å². The predicted octanol–water partition coefficient (Wildman–Crippen LogP) is 5.72. The number of unbranched alkanes of at least 4 members (excludes halogenated alkanes) is 12. The zero-order valence-corrected chi connectivity index (χ0v) is 18.8. The highest BCUT2D eigenvalue weighted by molar-refractivity contribution is 7.77. The van der Waals surface area contributed by atoms with Crippen LogP contribution in [0.5, 0.6) is 0 Å². The Morgan fingerprint density at radius 2 is 1.26 bits per heavy atom. The minimum absolute atomic E-state index is 0.0843. The molecule has 0 heterocycles. The van der Waals surface area contributed by atoms with Crippen LogP contribution >= 0.6 is 12.8 Å². The number of nitrogens with zero attached hydrogens (tertiary/aromatic N) is 3. The van der Waals surface area contributed by atoms with Gasteiger partial charge in [-0.3, -0.25) is 0 Å². The lowest BCUT2D eigenvalue weighted by molar-refractivity contribution is -0.742. The third-order valence-electron chi connectivity index (χ3n) is 4.49. The largest absolute Gasteiger partial charge is 0.364 e. The molecule has 1 unspecified atom stereocenters. The Labute approximate surface area is 172 Å². The van der Waals surface area contributed by atoms with Gasteiger partial charge in [0.15, 0.2) is 0 Å². The molecule has 0 aliphatic carbocycles. The average molecular weight is 410 g/mol. The summed E-state index contributed by atoms with van der Waals surface area (Å²) in [6.45, 7) is 2.28. The number of rotatable bonds is 17. The van der Waals surface area contributed by atoms with Crippen molar-refractivity contribution in [3.8, 4) is 0 Å². The van der Waals surface area contributed by atoms with Crippen molar-refractivity contribution >= 4 is 12.8 Å². The molecule has 0 rings (SSSR count). The van der Waals surface area contributed by atoms with Crippen LogP contribution < -0.4 is 0 Å². The van der Waals surface area contributed by atoms with Gasteiger partial charge in [-0.05, 0) is 12.8 Å². The van der Waals surface area contributed by atoms with Gasteiger partial charge in [0, 0.05) is 21.2 Å². The van der Waals surface area contributed by atoms with Crippen LogP contribution in [0.3, 0.4) is 0 Å². The summed E-state index contributed by atoms with van der Waals surface area (Å²) in [7, 11) is 5.74. The zero-order valence-electron chi connectivity index (χ0n) is 17.9. The second-order valence-electron chi connectivity index (χ2n) is 7.13. The lowest BCUT2D eigenvalue weighted by Crippen LogP contribution is -2.38. The van der Waals surface area contributed by atoms with E-state index in [-0.39, 0.29) is 6.23 Å². The third kappa shape index (κ3) is 23.4. The standard InChI is InChI=1S/C19H42N2OS.HNO3/c1-5-6-7-8-9-10-11-12-13-14-15-16-17-18-19(22-4)21(23)20(2)3;2-1(3)4/h19,23H,5-18H2,1-4H3;(H,2,3,4). The number of hydrogen-bond donors (Lipinski definition) is 2. The lowest BCUT2D eigenvalue weighted by atomic mass is 10.0. The van der Waals surface area contributed by atoms with E-state index in [9.17, 15) is 0 Å². The van der Waals surface area contributed by atoms with E-state index in [2.05, 4.69) is 19.7 Å². The topological polar surface area (TPSA) is 79.1 Å². The molecular formula is C19H43N3O4S. The molecule has 27 heavy (non-hydrogen) atoms. The molecule has 1 N–H and O–H groups in total. The van der Waals surface area contributed by atoms with Gasteiger partial charge in [-0.15, -0.1) is 10.1 Å². The van der Waals surface area contributed by atoms with Gasteiger partial charge >= 0.3 is 0 Å². The molecule has 0 aromatic carbocycles. The van der Waals surface area contributed by atoms with E-state index in [1.54, 1.807) is 7.11 Å². The Morgan fingerprint density at radius 3 is 1.56 bits per heavy atom. The maximum Gasteiger partial charge on any atom is 0.291 e. The van der Waals surface area contributed by atoms with Crippen LogP contribution in [-0.2, 0) is 4.74 Å². The molecule has 0 bridgehead atoms. The highest BCUT2D eigenvalue weighted by atomic mass is 32.1. The normalized spacial score (nSPS) is 12.1. The van der Waals surface area contributed by atoms with Crippen molar-refractivity contribution in [1.29, 1.82) is 0 Å². The second-order valence-corrected chi connectivity index (χ2v) is 7.54. The molecule has 0 amide bonds. The van der Waals surface area contributed by atoms with Crippen LogP contribution in [0.25, 0.3) is 0 Å². The maximum absolute atomic E-state index is 8.36. The summed E-state index contributed by atoms with van der Waals surface area (Å²) in [4.78, 5) is 8.36. The molecule has 0 aliphatic rings. The van der Waals surface area contributed by atoms with Gasteiger partial charge in [0.1, 0.15) is 6.23 Å². The summed E-state index contributed by atoms with van der Waals surface area (Å²) in [6, 6.07) is 0. The van der Waals surface area contributed by atoms with E-state index in [1.807, 2.05) is 23.5 Å². The molecular weight excluding hydrogens is 366 g/mol. The SMILES string of the molecule is CCCCCCCCCCCCCCCC(OC)N(S)N(C)C.O=[N+]([O-])O. The van der Waals surface area contributed by atoms with Crippen LogP contribution in [0.1, 0.15) is 96.8 Å². The van der Waals surface area contributed by atoms with E-state index >= 15 is 0 Å². The molecule has 0 saturated carbocycles. The van der Waals surface area contributed by atoms with E-state index in [0.717, 1.165) is 6.42 Å². The van der Waals surface area contributed by atoms with Crippen LogP contribution in [0.15, 0.2) is 0 Å². The molecule has 0 radical (unpaired) electrons. The van der Waals surface area contributed by atoms with Crippen LogP contribution in [-0.4, -0.2) is 47.2 Å². The third-order valence-corrected chi connectivity index (χ3v) is 5.11.